The molecule has 0 saturated carbocycles. The van der Waals surface area contributed by atoms with E-state index < -0.39 is 28.9 Å². The Bertz CT molecular complexity index is 702. The van der Waals surface area contributed by atoms with Crippen LogP contribution in [-0.2, 0) is 5.41 Å². The third kappa shape index (κ3) is 4.59. The molecular formula is C20H21F6NO2. The third-order valence-electron chi connectivity index (χ3n) is 4.23. The van der Waals surface area contributed by atoms with Gasteiger partial charge in [0.25, 0.3) is 0 Å². The van der Waals surface area contributed by atoms with Crippen molar-refractivity contribution < 1.29 is 35.8 Å². The molecule has 2 aromatic rings. The van der Waals surface area contributed by atoms with Crippen molar-refractivity contribution in [3.63, 3.8) is 0 Å². The Balaban J connectivity index is 2.60. The van der Waals surface area contributed by atoms with Gasteiger partial charge in [-0.05, 0) is 36.1 Å². The molecule has 1 aromatic carbocycles. The molecular weight excluding hydrogens is 400 g/mol. The zero-order chi connectivity index (χ0) is 21.7. The van der Waals surface area contributed by atoms with Gasteiger partial charge in [-0.3, -0.25) is 0 Å². The molecule has 0 aliphatic carbocycles. The van der Waals surface area contributed by atoms with E-state index in [1.165, 1.54) is 0 Å². The minimum atomic E-state index is -5.66. The highest BCUT2D eigenvalue weighted by Gasteiger charge is 2.72. The molecule has 1 heterocycles. The largest absolute Gasteiger partial charge is 0.494 e. The number of ether oxygens (including phenoxy) is 2. The molecule has 2 rings (SSSR count). The molecule has 0 aliphatic heterocycles. The van der Waals surface area contributed by atoms with Crippen LogP contribution in [0, 0.1) is 0 Å². The highest BCUT2D eigenvalue weighted by atomic mass is 19.4. The van der Waals surface area contributed by atoms with Gasteiger partial charge < -0.3 is 9.47 Å². The summed E-state index contributed by atoms with van der Waals surface area (Å²) in [5.41, 5.74) is -6.24. The van der Waals surface area contributed by atoms with Crippen LogP contribution in [0.2, 0.25) is 0 Å². The lowest BCUT2D eigenvalue weighted by atomic mass is 9.73. The Morgan fingerprint density at radius 1 is 0.724 bits per heavy atom. The Hall–Kier alpha value is -2.45. The van der Waals surface area contributed by atoms with Crippen molar-refractivity contribution in [3.05, 3.63) is 53.7 Å². The number of hydrogen-bond acceptors (Lipinski definition) is 3. The van der Waals surface area contributed by atoms with Crippen molar-refractivity contribution in [1.29, 1.82) is 0 Å². The van der Waals surface area contributed by atoms with Gasteiger partial charge in [0.2, 0.25) is 11.3 Å². The number of benzene rings is 1. The summed E-state index contributed by atoms with van der Waals surface area (Å²) in [6.45, 7) is 4.18. The molecule has 0 saturated heterocycles. The van der Waals surface area contributed by atoms with Crippen LogP contribution in [0.3, 0.4) is 0 Å². The minimum Gasteiger partial charge on any atom is -0.494 e. The van der Waals surface area contributed by atoms with E-state index in [1.807, 2.05) is 6.92 Å². The zero-order valence-electron chi connectivity index (χ0n) is 15.9. The molecule has 0 aliphatic rings. The molecule has 0 radical (unpaired) electrons. The van der Waals surface area contributed by atoms with E-state index in [-0.39, 0.29) is 18.2 Å². The van der Waals surface area contributed by atoms with Gasteiger partial charge >= 0.3 is 12.4 Å². The van der Waals surface area contributed by atoms with Crippen molar-refractivity contribution in [1.82, 2.24) is 4.98 Å². The second-order valence-corrected chi connectivity index (χ2v) is 6.35. The fourth-order valence-corrected chi connectivity index (χ4v) is 2.90. The predicted molar refractivity (Wildman–Crippen MR) is 95.1 cm³/mol. The van der Waals surface area contributed by atoms with Crippen LogP contribution in [-0.4, -0.2) is 30.6 Å². The van der Waals surface area contributed by atoms with Gasteiger partial charge in [-0.25, -0.2) is 4.98 Å². The van der Waals surface area contributed by atoms with Crippen LogP contribution in [0.1, 0.15) is 37.8 Å². The van der Waals surface area contributed by atoms with Crippen molar-refractivity contribution in [3.8, 4) is 11.6 Å². The molecule has 3 nitrogen and oxygen atoms in total. The molecule has 1 aromatic heterocycles. The average molecular weight is 421 g/mol. The lowest BCUT2D eigenvalue weighted by Gasteiger charge is -2.38. The summed E-state index contributed by atoms with van der Waals surface area (Å²) in [7, 11) is 0. The van der Waals surface area contributed by atoms with Crippen molar-refractivity contribution in [2.75, 3.05) is 13.2 Å². The second kappa shape index (κ2) is 8.92. The van der Waals surface area contributed by atoms with Gasteiger partial charge in [-0.1, -0.05) is 32.0 Å². The topological polar surface area (TPSA) is 31.4 Å². The Morgan fingerprint density at radius 3 is 1.69 bits per heavy atom. The van der Waals surface area contributed by atoms with Crippen molar-refractivity contribution in [2.45, 2.75) is 44.5 Å². The van der Waals surface area contributed by atoms with Gasteiger partial charge in [-0.2, -0.15) is 26.3 Å². The highest BCUT2D eigenvalue weighted by molar-refractivity contribution is 5.45. The van der Waals surface area contributed by atoms with E-state index in [9.17, 15) is 26.3 Å². The molecule has 160 valence electrons. The normalized spacial score (nSPS) is 12.7. The number of halogens is 6. The van der Waals surface area contributed by atoms with Crippen LogP contribution < -0.4 is 9.47 Å². The quantitative estimate of drug-likeness (QED) is 0.485. The van der Waals surface area contributed by atoms with Crippen molar-refractivity contribution in [2.24, 2.45) is 0 Å². The Kier molecular flexibility index (Phi) is 7.02. The van der Waals surface area contributed by atoms with Gasteiger partial charge in [-0.15, -0.1) is 0 Å². The Labute approximate surface area is 164 Å². The molecule has 0 atom stereocenters. The van der Waals surface area contributed by atoms with Crippen LogP contribution >= 0.6 is 0 Å². The molecule has 0 unspecified atom stereocenters. The van der Waals surface area contributed by atoms with Gasteiger partial charge in [0.15, 0.2) is 0 Å². The summed E-state index contributed by atoms with van der Waals surface area (Å²) in [5.74, 6) is 0.146. The number of nitrogens with zero attached hydrogens (tertiary/aromatic N) is 1. The van der Waals surface area contributed by atoms with E-state index in [0.717, 1.165) is 36.4 Å². The standard InChI is InChI=1S/C20H21F6NO2/c1-3-11-28-16-8-5-14(6-9-16)18(19(21,22)23,20(24,25)26)15-7-10-17(27-13-15)29-12-4-2/h5-10,13H,3-4,11-12H2,1-2H3. The average Bonchev–Trinajstić information content (AvgIpc) is 2.65. The summed E-state index contributed by atoms with van der Waals surface area (Å²) < 4.78 is 94.7. The fourth-order valence-electron chi connectivity index (χ4n) is 2.90. The van der Waals surface area contributed by atoms with E-state index in [0.29, 0.717) is 25.6 Å². The van der Waals surface area contributed by atoms with Crippen LogP contribution in [0.5, 0.6) is 11.6 Å². The first-order chi connectivity index (χ1) is 13.6. The number of pyridine rings is 1. The number of hydrogen-bond donors (Lipinski definition) is 0. The lowest BCUT2D eigenvalue weighted by molar-refractivity contribution is -0.288. The predicted octanol–water partition coefficient (Wildman–Crippen LogP) is 6.07. The van der Waals surface area contributed by atoms with E-state index in [1.54, 1.807) is 6.92 Å². The van der Waals surface area contributed by atoms with E-state index in [2.05, 4.69) is 4.98 Å². The molecule has 0 spiro atoms. The van der Waals surface area contributed by atoms with E-state index in [4.69, 9.17) is 9.47 Å². The maximum atomic E-state index is 14.0. The molecule has 0 bridgehead atoms. The van der Waals surface area contributed by atoms with E-state index >= 15 is 0 Å². The number of aromatic nitrogens is 1. The smallest absolute Gasteiger partial charge is 0.411 e. The lowest BCUT2D eigenvalue weighted by Crippen LogP contribution is -2.54. The Morgan fingerprint density at radius 2 is 1.24 bits per heavy atom. The highest BCUT2D eigenvalue weighted by Crippen LogP contribution is 2.56. The molecule has 0 N–H and O–H groups in total. The zero-order valence-corrected chi connectivity index (χ0v) is 15.9. The van der Waals surface area contributed by atoms with Crippen LogP contribution in [0.4, 0.5) is 26.3 Å². The van der Waals surface area contributed by atoms with Gasteiger partial charge in [0, 0.05) is 12.3 Å². The maximum absolute atomic E-state index is 14.0. The first kappa shape index (κ1) is 22.8. The first-order valence-electron chi connectivity index (χ1n) is 9.04. The summed E-state index contributed by atoms with van der Waals surface area (Å²) in [4.78, 5) is 3.65. The first-order valence-corrected chi connectivity index (χ1v) is 9.04. The maximum Gasteiger partial charge on any atom is 0.411 e. The monoisotopic (exact) mass is 421 g/mol. The molecule has 29 heavy (non-hydrogen) atoms. The SMILES string of the molecule is CCCOc1ccc(C(c2ccc(OCCC)nc2)(C(F)(F)F)C(F)(F)F)cc1. The number of alkyl halides is 6. The van der Waals surface area contributed by atoms with Gasteiger partial charge in [0.1, 0.15) is 5.75 Å². The minimum absolute atomic E-state index is 0.0443. The van der Waals surface area contributed by atoms with Crippen LogP contribution in [0.15, 0.2) is 42.6 Å². The number of rotatable bonds is 8. The van der Waals surface area contributed by atoms with Crippen molar-refractivity contribution >= 4 is 0 Å². The molecule has 0 amide bonds. The third-order valence-corrected chi connectivity index (χ3v) is 4.23. The summed E-state index contributed by atoms with van der Waals surface area (Å²) >= 11 is 0. The fraction of sp³-hybridized carbons (Fsp3) is 0.450. The summed E-state index contributed by atoms with van der Waals surface area (Å²) in [6, 6.07) is 5.53. The van der Waals surface area contributed by atoms with Gasteiger partial charge in [0.05, 0.1) is 13.2 Å². The second-order valence-electron chi connectivity index (χ2n) is 6.35. The molecule has 9 heteroatoms. The van der Waals surface area contributed by atoms with Crippen LogP contribution in [0.25, 0.3) is 0 Å². The summed E-state index contributed by atoms with van der Waals surface area (Å²) in [5, 5.41) is 0. The summed E-state index contributed by atoms with van der Waals surface area (Å²) in [6.07, 6.45) is -9.50. The molecule has 0 fully saturated rings.